The lowest BCUT2D eigenvalue weighted by molar-refractivity contribution is -0.139. The summed E-state index contributed by atoms with van der Waals surface area (Å²) in [4.78, 5) is 63.3. The third-order valence-electron chi connectivity index (χ3n) is 13.1. The fourth-order valence-electron chi connectivity index (χ4n) is 8.04. The number of phenols is 1. The number of ether oxygens (including phenoxy) is 21. The van der Waals surface area contributed by atoms with Gasteiger partial charge in [0.1, 0.15) is 23.6 Å². The number of amides is 4. The van der Waals surface area contributed by atoms with E-state index in [4.69, 9.17) is 110 Å². The molecule has 0 aromatic heterocycles. The number of benzene rings is 2. The molecule has 0 bridgehead atoms. The molecule has 33 heteroatoms. The van der Waals surface area contributed by atoms with Crippen LogP contribution in [0.25, 0.3) is 0 Å². The predicted molar refractivity (Wildman–Crippen MR) is 361 cm³/mol. The van der Waals surface area contributed by atoms with E-state index in [1.807, 2.05) is 0 Å². The summed E-state index contributed by atoms with van der Waals surface area (Å²) < 4.78 is 115. The topological polar surface area (TPSA) is 394 Å². The van der Waals surface area contributed by atoms with E-state index in [1.54, 1.807) is 43.5 Å². The fraction of sp³-hybridized carbons (Fsp3) is 0.746. The van der Waals surface area contributed by atoms with Crippen LogP contribution >= 0.6 is 0 Å². The maximum atomic E-state index is 13.4. The maximum Gasteiger partial charge on any atom is 0.341 e. The molecule has 0 saturated carbocycles. The number of nitrogens with one attached hydrogen (secondary N) is 4. The van der Waals surface area contributed by atoms with Crippen LogP contribution in [0.15, 0.2) is 48.5 Å². The molecule has 2 unspecified atom stereocenters. The van der Waals surface area contributed by atoms with Crippen molar-refractivity contribution in [3.63, 3.8) is 0 Å². The number of rotatable bonds is 76. The Balaban J connectivity index is 1.48. The molecule has 33 nitrogen and oxygen atoms in total. The van der Waals surface area contributed by atoms with Gasteiger partial charge in [-0.3, -0.25) is 19.2 Å². The zero-order valence-corrected chi connectivity index (χ0v) is 58.6. The summed E-state index contributed by atoms with van der Waals surface area (Å²) in [5, 5.41) is 29.8. The van der Waals surface area contributed by atoms with E-state index >= 15 is 0 Å². The molecule has 0 saturated heterocycles. The fourth-order valence-corrected chi connectivity index (χ4v) is 8.04. The average molecular weight is 1440 g/mol. The smallest absolute Gasteiger partial charge is 0.341 e. The van der Waals surface area contributed by atoms with Crippen LogP contribution in [-0.2, 0) is 132 Å². The number of carboxylic acids is 1. The number of nitrogens with two attached hydrogens (primary N) is 1. The summed E-state index contributed by atoms with van der Waals surface area (Å²) in [6.45, 7) is 15.3. The molecule has 0 fully saturated rings. The highest BCUT2D eigenvalue weighted by atomic mass is 16.6. The van der Waals surface area contributed by atoms with Crippen molar-refractivity contribution in [2.45, 2.75) is 37.8 Å². The summed E-state index contributed by atoms with van der Waals surface area (Å²) in [6.07, 6.45) is 0.352. The summed E-state index contributed by atoms with van der Waals surface area (Å²) in [5.41, 5.74) is 6.81. The number of aromatic hydroxyl groups is 1. The van der Waals surface area contributed by atoms with Crippen molar-refractivity contribution in [1.29, 1.82) is 0 Å². The molecular weight excluding hydrogens is 1320 g/mol. The minimum Gasteiger partial charge on any atom is -0.508 e. The first-order valence-corrected chi connectivity index (χ1v) is 34.1. The van der Waals surface area contributed by atoms with Gasteiger partial charge in [0, 0.05) is 52.4 Å². The Morgan fingerprint density at radius 3 is 0.870 bits per heavy atom. The van der Waals surface area contributed by atoms with Gasteiger partial charge in [0.15, 0.2) is 6.61 Å². The Bertz CT molecular complexity index is 2220. The number of carboxylic acid groups (broad SMARTS) is 1. The van der Waals surface area contributed by atoms with Crippen LogP contribution < -0.4 is 31.7 Å². The van der Waals surface area contributed by atoms with E-state index in [9.17, 15) is 29.1 Å². The number of phenolic OH excluding ortho intramolecular Hbond substituents is 1. The zero-order chi connectivity index (χ0) is 71.9. The van der Waals surface area contributed by atoms with E-state index < -0.39 is 42.4 Å². The molecule has 2 rings (SSSR count). The van der Waals surface area contributed by atoms with Crippen LogP contribution in [-0.4, -0.2) is 343 Å². The van der Waals surface area contributed by atoms with Gasteiger partial charge in [0.05, 0.1) is 258 Å². The first kappa shape index (κ1) is 90.6. The number of methoxy groups -OCH3 is 1. The molecule has 0 heterocycles. The Morgan fingerprint density at radius 1 is 0.350 bits per heavy atom. The molecule has 0 radical (unpaired) electrons. The van der Waals surface area contributed by atoms with Crippen molar-refractivity contribution in [1.82, 2.24) is 21.3 Å². The lowest BCUT2D eigenvalue weighted by Gasteiger charge is -2.19. The van der Waals surface area contributed by atoms with Crippen LogP contribution in [0.1, 0.15) is 24.0 Å². The highest BCUT2D eigenvalue weighted by Crippen LogP contribution is 2.15. The van der Waals surface area contributed by atoms with Crippen LogP contribution in [0, 0.1) is 0 Å². The van der Waals surface area contributed by atoms with Crippen molar-refractivity contribution in [2.24, 2.45) is 5.73 Å². The number of carbonyl (C=O) groups is 5. The van der Waals surface area contributed by atoms with Gasteiger partial charge in [0.2, 0.25) is 23.6 Å². The van der Waals surface area contributed by atoms with Crippen LogP contribution in [0.4, 0.5) is 0 Å². The number of aliphatic carboxylic acids is 1. The first-order valence-electron chi connectivity index (χ1n) is 34.1. The van der Waals surface area contributed by atoms with Crippen molar-refractivity contribution in [2.75, 3.05) is 291 Å². The quantitative estimate of drug-likeness (QED) is 0.0412. The first-order chi connectivity index (χ1) is 49.1. The average Bonchev–Trinajstić information content (AvgIpc) is 0.902. The van der Waals surface area contributed by atoms with E-state index in [2.05, 4.69) is 21.3 Å². The maximum absolute atomic E-state index is 13.4. The highest BCUT2D eigenvalue weighted by molar-refractivity contribution is 5.88. The molecule has 0 aliphatic rings. The van der Waals surface area contributed by atoms with Crippen LogP contribution in [0.5, 0.6) is 11.5 Å². The van der Waals surface area contributed by atoms with Crippen molar-refractivity contribution in [3.05, 3.63) is 59.7 Å². The number of hydrogen-bond donors (Lipinski definition) is 7. The van der Waals surface area contributed by atoms with Gasteiger partial charge in [-0.25, -0.2) is 4.79 Å². The molecule has 4 amide bonds. The molecule has 0 spiro atoms. The molecule has 100 heavy (non-hydrogen) atoms. The molecule has 2 aromatic carbocycles. The lowest BCUT2D eigenvalue weighted by atomic mass is 10.0. The second kappa shape index (κ2) is 69.3. The van der Waals surface area contributed by atoms with E-state index in [-0.39, 0.29) is 123 Å². The summed E-state index contributed by atoms with van der Waals surface area (Å²) in [6, 6.07) is 11.1. The molecule has 2 atom stereocenters. The van der Waals surface area contributed by atoms with Gasteiger partial charge in [-0.1, -0.05) is 24.3 Å². The highest BCUT2D eigenvalue weighted by Gasteiger charge is 2.23. The van der Waals surface area contributed by atoms with Gasteiger partial charge < -0.3 is 137 Å². The molecule has 0 aliphatic heterocycles. The van der Waals surface area contributed by atoms with E-state index in [1.165, 1.54) is 12.1 Å². The minimum absolute atomic E-state index is 0.0219. The number of carbonyl (C=O) groups excluding carboxylic acids is 4. The third kappa shape index (κ3) is 59.1. The number of hydrogen-bond acceptors (Lipinski definition) is 28. The third-order valence-corrected chi connectivity index (χ3v) is 13.1. The Morgan fingerprint density at radius 2 is 0.600 bits per heavy atom. The van der Waals surface area contributed by atoms with E-state index in [0.717, 1.165) is 5.56 Å². The molecule has 0 aliphatic carbocycles. The lowest BCUT2D eigenvalue weighted by Crippen LogP contribution is -2.48. The monoisotopic (exact) mass is 1440 g/mol. The molecule has 576 valence electrons. The van der Waals surface area contributed by atoms with Crippen molar-refractivity contribution < 1.29 is 134 Å². The van der Waals surface area contributed by atoms with Gasteiger partial charge in [0.25, 0.3) is 0 Å². The standard InChI is InChI=1S/C67H115N5O28/c1-80-20-21-86-32-33-92-40-41-94-44-45-96-48-49-98-52-53-99-51-50-97-47-46-95-43-42-93-39-38-91-31-26-85-19-14-70-67(79)62(55-58-4-8-60(9-5-58)100-56-65(76)77)72-64(75)11-16-82-23-28-88-35-37-90-30-25-84-18-13-69-66(78)61(54-57-2-6-59(73)7-3-57)71-63(74)10-15-81-22-27-87-34-36-89-29-24-83-17-12-68/h2-9,61-62,73H,10-56,68H2,1H3,(H,69,78)(H,70,79)(H,71,74)(H,72,75)(H,76,77). The zero-order valence-electron chi connectivity index (χ0n) is 58.6. The minimum atomic E-state index is -1.12. The SMILES string of the molecule is COCCOCCOCCOCCOCCOCCOCCOCCOCCOCCOCCOCCNC(=O)C(Cc1ccc(OCC(=O)O)cc1)NC(=O)CCOCCOCCOCCOCCNC(=O)C(Cc1ccc(O)cc1)NC(=O)CCOCCOCCOCCOCCN. The van der Waals surface area contributed by atoms with Crippen LogP contribution in [0.3, 0.4) is 0 Å². The largest absolute Gasteiger partial charge is 0.508 e. The second-order valence-electron chi connectivity index (χ2n) is 21.1. The summed E-state index contributed by atoms with van der Waals surface area (Å²) in [5.74, 6) is -2.29. The van der Waals surface area contributed by atoms with Gasteiger partial charge in [-0.15, -0.1) is 0 Å². The van der Waals surface area contributed by atoms with Crippen LogP contribution in [0.2, 0.25) is 0 Å². The Kier molecular flexibility index (Phi) is 62.8. The summed E-state index contributed by atoms with van der Waals surface area (Å²) in [7, 11) is 1.63. The molecule has 2 aromatic rings. The Labute approximate surface area is 588 Å². The van der Waals surface area contributed by atoms with E-state index in [0.29, 0.717) is 203 Å². The normalized spacial score (nSPS) is 12.0. The second-order valence-corrected chi connectivity index (χ2v) is 21.1. The van der Waals surface area contributed by atoms with Crippen molar-refractivity contribution >= 4 is 29.6 Å². The van der Waals surface area contributed by atoms with Gasteiger partial charge in [-0.2, -0.15) is 0 Å². The predicted octanol–water partition coefficient (Wildman–Crippen LogP) is -0.457. The Hall–Kier alpha value is -5.45. The van der Waals surface area contributed by atoms with Crippen molar-refractivity contribution in [3.8, 4) is 11.5 Å². The molecular formula is C67H115N5O28. The molecule has 8 N–H and O–H groups in total. The van der Waals surface area contributed by atoms with Gasteiger partial charge in [-0.05, 0) is 35.4 Å². The summed E-state index contributed by atoms with van der Waals surface area (Å²) >= 11 is 0. The van der Waals surface area contributed by atoms with Gasteiger partial charge >= 0.3 is 5.97 Å².